The number of hydrogen-bond acceptors (Lipinski definition) is 5. The van der Waals surface area contributed by atoms with Gasteiger partial charge in [0.05, 0.1) is 29.2 Å². The smallest absolute Gasteiger partial charge is 0.223 e. The Balaban J connectivity index is 1.33. The van der Waals surface area contributed by atoms with Gasteiger partial charge in [-0.1, -0.05) is 29.8 Å². The minimum absolute atomic E-state index is 0.0140. The fourth-order valence-corrected chi connectivity index (χ4v) is 5.27. The van der Waals surface area contributed by atoms with E-state index in [2.05, 4.69) is 33.0 Å². The Morgan fingerprint density at radius 3 is 2.69 bits per heavy atom. The molecule has 0 radical (unpaired) electrons. The van der Waals surface area contributed by atoms with Crippen molar-refractivity contribution in [3.05, 3.63) is 59.1 Å². The first-order valence-corrected chi connectivity index (χ1v) is 12.6. The van der Waals surface area contributed by atoms with Crippen LogP contribution in [0.3, 0.4) is 0 Å². The molecule has 6 rings (SSSR count). The highest BCUT2D eigenvalue weighted by atomic mass is 35.5. The fraction of sp³-hybridized carbons (Fsp3) is 0.370. The molecule has 2 aliphatic heterocycles. The van der Waals surface area contributed by atoms with Crippen LogP contribution < -0.4 is 10.2 Å². The summed E-state index contributed by atoms with van der Waals surface area (Å²) in [5.41, 5.74) is 3.76. The predicted molar refractivity (Wildman–Crippen MR) is 138 cm³/mol. The number of nitrogens with zero attached hydrogens (tertiary/aromatic N) is 4. The molecule has 2 saturated heterocycles. The Morgan fingerprint density at radius 1 is 1.06 bits per heavy atom. The summed E-state index contributed by atoms with van der Waals surface area (Å²) in [6, 6.07) is 16.4. The number of hydrogen-bond donors (Lipinski definition) is 1. The van der Waals surface area contributed by atoms with E-state index in [1.807, 2.05) is 37.3 Å². The highest BCUT2D eigenvalue weighted by molar-refractivity contribution is 6.32. The minimum Gasteiger partial charge on any atom is -0.379 e. The second-order valence-corrected chi connectivity index (χ2v) is 9.94. The lowest BCUT2D eigenvalue weighted by molar-refractivity contribution is -0.126. The molecular formula is C27H28ClN5O2. The molecule has 180 valence electrons. The Bertz CT molecular complexity index is 1400. The van der Waals surface area contributed by atoms with Gasteiger partial charge in [-0.25, -0.2) is 9.97 Å². The number of nitrogens with one attached hydrogen (secondary N) is 1. The Kier molecular flexibility index (Phi) is 5.82. The van der Waals surface area contributed by atoms with Gasteiger partial charge in [-0.3, -0.25) is 9.36 Å². The second-order valence-electron chi connectivity index (χ2n) is 9.53. The molecular weight excluding hydrogens is 462 g/mol. The maximum atomic E-state index is 12.8. The van der Waals surface area contributed by atoms with E-state index in [0.717, 1.165) is 78.2 Å². The van der Waals surface area contributed by atoms with Gasteiger partial charge in [0.1, 0.15) is 5.82 Å². The van der Waals surface area contributed by atoms with Gasteiger partial charge in [-0.05, 0) is 62.1 Å². The summed E-state index contributed by atoms with van der Waals surface area (Å²) < 4.78 is 7.52. The fourth-order valence-electron chi connectivity index (χ4n) is 5.12. The van der Waals surface area contributed by atoms with Crippen molar-refractivity contribution < 1.29 is 9.53 Å². The average Bonchev–Trinajstić information content (AvgIpc) is 3.52. The number of piperidine rings is 1. The van der Waals surface area contributed by atoms with Crippen LogP contribution in [0.1, 0.15) is 24.8 Å². The molecule has 2 fully saturated rings. The van der Waals surface area contributed by atoms with E-state index < -0.39 is 0 Å². The summed E-state index contributed by atoms with van der Waals surface area (Å²) in [5, 5.41) is 4.96. The molecule has 0 bridgehead atoms. The first-order chi connectivity index (χ1) is 17.1. The maximum Gasteiger partial charge on any atom is 0.223 e. The average molecular weight is 490 g/mol. The number of aromatic nitrogens is 3. The van der Waals surface area contributed by atoms with Crippen LogP contribution in [-0.2, 0) is 9.53 Å². The Morgan fingerprint density at radius 2 is 1.89 bits per heavy atom. The lowest BCUT2D eigenvalue weighted by atomic mass is 9.95. The number of pyridine rings is 1. The van der Waals surface area contributed by atoms with Gasteiger partial charge in [-0.15, -0.1) is 0 Å². The maximum absolute atomic E-state index is 12.8. The number of fused-ring (bicyclic) bond motifs is 2. The number of amides is 1. The van der Waals surface area contributed by atoms with Gasteiger partial charge in [-0.2, -0.15) is 0 Å². The largest absolute Gasteiger partial charge is 0.379 e. The molecule has 2 aromatic heterocycles. The van der Waals surface area contributed by atoms with E-state index in [1.165, 1.54) is 0 Å². The van der Waals surface area contributed by atoms with E-state index in [9.17, 15) is 4.79 Å². The predicted octanol–water partition coefficient (Wildman–Crippen LogP) is 4.66. The SMILES string of the molecule is Cc1cc2c(cc1Cl)nc(N1CCC(C(=O)NC3CCOC3)CC1)n2-c1ccc2ccccc2n1. The third-order valence-electron chi connectivity index (χ3n) is 7.15. The van der Waals surface area contributed by atoms with Gasteiger partial charge in [0.15, 0.2) is 0 Å². The number of halogens is 1. The quantitative estimate of drug-likeness (QED) is 0.451. The van der Waals surface area contributed by atoms with Crippen LogP contribution >= 0.6 is 11.6 Å². The zero-order valence-electron chi connectivity index (χ0n) is 19.7. The number of rotatable bonds is 4. The molecule has 4 aromatic rings. The van der Waals surface area contributed by atoms with Crippen LogP contribution in [0.2, 0.25) is 5.02 Å². The zero-order valence-corrected chi connectivity index (χ0v) is 20.5. The van der Waals surface area contributed by atoms with Crippen molar-refractivity contribution in [3.63, 3.8) is 0 Å². The van der Waals surface area contributed by atoms with Gasteiger partial charge in [0, 0.05) is 36.0 Å². The van der Waals surface area contributed by atoms with E-state index >= 15 is 0 Å². The molecule has 2 aromatic carbocycles. The number of carbonyl (C=O) groups is 1. The monoisotopic (exact) mass is 489 g/mol. The lowest BCUT2D eigenvalue weighted by Gasteiger charge is -2.32. The number of carbonyl (C=O) groups excluding carboxylic acids is 1. The van der Waals surface area contributed by atoms with Crippen molar-refractivity contribution in [1.82, 2.24) is 19.9 Å². The molecule has 4 heterocycles. The zero-order chi connectivity index (χ0) is 23.9. The number of benzene rings is 2. The summed E-state index contributed by atoms with van der Waals surface area (Å²) in [6.45, 7) is 4.86. The first-order valence-electron chi connectivity index (χ1n) is 12.2. The number of anilines is 1. The summed E-state index contributed by atoms with van der Waals surface area (Å²) >= 11 is 6.45. The summed E-state index contributed by atoms with van der Waals surface area (Å²) in [5.74, 6) is 1.82. The highest BCUT2D eigenvalue weighted by Gasteiger charge is 2.30. The molecule has 0 saturated carbocycles. The summed E-state index contributed by atoms with van der Waals surface area (Å²) in [6.07, 6.45) is 2.47. The van der Waals surface area contributed by atoms with Crippen LogP contribution in [-0.4, -0.2) is 52.8 Å². The number of para-hydroxylation sites is 1. The molecule has 1 atom stereocenters. The highest BCUT2D eigenvalue weighted by Crippen LogP contribution is 2.33. The molecule has 8 heteroatoms. The molecule has 0 aliphatic carbocycles. The van der Waals surface area contributed by atoms with Gasteiger partial charge in [0.25, 0.3) is 0 Å². The molecule has 35 heavy (non-hydrogen) atoms. The van der Waals surface area contributed by atoms with E-state index in [4.69, 9.17) is 26.3 Å². The number of aryl methyl sites for hydroxylation is 1. The second kappa shape index (κ2) is 9.13. The van der Waals surface area contributed by atoms with Crippen molar-refractivity contribution in [2.45, 2.75) is 32.2 Å². The van der Waals surface area contributed by atoms with Crippen LogP contribution in [0, 0.1) is 12.8 Å². The number of ether oxygens (including phenoxy) is 1. The number of imidazole rings is 1. The lowest BCUT2D eigenvalue weighted by Crippen LogP contribution is -2.44. The van der Waals surface area contributed by atoms with Gasteiger partial charge < -0.3 is 15.0 Å². The molecule has 7 nitrogen and oxygen atoms in total. The molecule has 1 amide bonds. The normalized spacial score (nSPS) is 19.0. The standard InChI is InChI=1S/C27H28ClN5O2/c1-17-14-24-23(15-21(17)28)31-27(33(24)25-7-6-18-4-2-3-5-22(18)30-25)32-11-8-19(9-12-32)26(34)29-20-10-13-35-16-20/h2-7,14-15,19-20H,8-13,16H2,1H3,(H,29,34). The molecule has 0 spiro atoms. The van der Waals surface area contributed by atoms with Crippen LogP contribution in [0.25, 0.3) is 27.8 Å². The Hall–Kier alpha value is -3.16. The van der Waals surface area contributed by atoms with Crippen molar-refractivity contribution in [2.24, 2.45) is 5.92 Å². The van der Waals surface area contributed by atoms with Gasteiger partial charge in [0.2, 0.25) is 11.9 Å². The van der Waals surface area contributed by atoms with E-state index in [1.54, 1.807) is 0 Å². The van der Waals surface area contributed by atoms with E-state index in [-0.39, 0.29) is 17.9 Å². The van der Waals surface area contributed by atoms with Crippen molar-refractivity contribution >= 4 is 45.4 Å². The third-order valence-corrected chi connectivity index (χ3v) is 7.56. The van der Waals surface area contributed by atoms with E-state index in [0.29, 0.717) is 11.6 Å². The van der Waals surface area contributed by atoms with Crippen LogP contribution in [0.4, 0.5) is 5.95 Å². The van der Waals surface area contributed by atoms with Crippen molar-refractivity contribution in [3.8, 4) is 5.82 Å². The van der Waals surface area contributed by atoms with Crippen molar-refractivity contribution in [1.29, 1.82) is 0 Å². The Labute approximate surface area is 209 Å². The summed E-state index contributed by atoms with van der Waals surface area (Å²) in [7, 11) is 0. The summed E-state index contributed by atoms with van der Waals surface area (Å²) in [4.78, 5) is 25.0. The third kappa shape index (κ3) is 4.23. The topological polar surface area (TPSA) is 72.3 Å². The van der Waals surface area contributed by atoms with Crippen LogP contribution in [0.5, 0.6) is 0 Å². The molecule has 2 aliphatic rings. The molecule has 1 N–H and O–H groups in total. The molecule has 1 unspecified atom stereocenters. The minimum atomic E-state index is 0.0140. The first kappa shape index (κ1) is 22.3. The van der Waals surface area contributed by atoms with Crippen LogP contribution in [0.15, 0.2) is 48.5 Å². The van der Waals surface area contributed by atoms with Gasteiger partial charge >= 0.3 is 0 Å². The van der Waals surface area contributed by atoms with Crippen molar-refractivity contribution in [2.75, 3.05) is 31.2 Å².